The molecule has 1 amide bonds. The highest BCUT2D eigenvalue weighted by molar-refractivity contribution is 5.66. The second-order valence-electron chi connectivity index (χ2n) is 4.79. The summed E-state index contributed by atoms with van der Waals surface area (Å²) in [4.78, 5) is 11.8. The molecule has 0 aliphatic carbocycles. The van der Waals surface area contributed by atoms with Crippen LogP contribution >= 0.6 is 0 Å². The maximum atomic E-state index is 13.3. The van der Waals surface area contributed by atoms with Crippen LogP contribution in [0.3, 0.4) is 0 Å². The minimum Gasteiger partial charge on any atom is -0.465 e. The Morgan fingerprint density at radius 3 is 2.76 bits per heavy atom. The molecule has 0 saturated carbocycles. The highest BCUT2D eigenvalue weighted by Crippen LogP contribution is 2.33. The largest absolute Gasteiger partial charge is 0.465 e. The third kappa shape index (κ3) is 4.05. The highest BCUT2D eigenvalue weighted by atomic mass is 19.4. The van der Waals surface area contributed by atoms with E-state index in [0.717, 1.165) is 4.90 Å². The standard InChI is InChI=1S/C11H13F4N3O3/c12-6-4-7(18(5-6)10(19)20)9-17-16-8(21-9)2-1-3-11(13,14)15/h6-7H,1-5H2,(H,19,20)/t6-,7+/m1/s1. The first-order valence-electron chi connectivity index (χ1n) is 6.29. The van der Waals surface area contributed by atoms with Crippen LogP contribution in [0.1, 0.15) is 37.1 Å². The summed E-state index contributed by atoms with van der Waals surface area (Å²) in [7, 11) is 0. The Kier molecular flexibility index (Phi) is 4.33. The summed E-state index contributed by atoms with van der Waals surface area (Å²) in [5.74, 6) is -0.0959. The minimum atomic E-state index is -4.25. The molecule has 1 aromatic rings. The maximum absolute atomic E-state index is 13.3. The molecule has 1 fully saturated rings. The number of hydrogen-bond acceptors (Lipinski definition) is 4. The summed E-state index contributed by atoms with van der Waals surface area (Å²) in [5.41, 5.74) is 0. The van der Waals surface area contributed by atoms with Crippen molar-refractivity contribution in [3.63, 3.8) is 0 Å². The number of carboxylic acid groups (broad SMARTS) is 1. The molecular weight excluding hydrogens is 298 g/mol. The number of amides is 1. The Balaban J connectivity index is 1.97. The predicted molar refractivity (Wildman–Crippen MR) is 60.3 cm³/mol. The van der Waals surface area contributed by atoms with E-state index in [1.54, 1.807) is 0 Å². The SMILES string of the molecule is O=C(O)N1C[C@H](F)C[C@H]1c1nnc(CCCC(F)(F)F)o1. The first kappa shape index (κ1) is 15.5. The van der Waals surface area contributed by atoms with Gasteiger partial charge in [0.1, 0.15) is 12.2 Å². The van der Waals surface area contributed by atoms with Crippen molar-refractivity contribution in [2.45, 2.75) is 44.1 Å². The van der Waals surface area contributed by atoms with Crippen molar-refractivity contribution in [2.75, 3.05) is 6.54 Å². The number of carbonyl (C=O) groups is 1. The van der Waals surface area contributed by atoms with Crippen molar-refractivity contribution < 1.29 is 31.9 Å². The van der Waals surface area contributed by atoms with Gasteiger partial charge in [-0.05, 0) is 6.42 Å². The molecule has 1 aromatic heterocycles. The molecule has 6 nitrogen and oxygen atoms in total. The van der Waals surface area contributed by atoms with Crippen LogP contribution < -0.4 is 0 Å². The van der Waals surface area contributed by atoms with Gasteiger partial charge in [-0.1, -0.05) is 0 Å². The van der Waals surface area contributed by atoms with Gasteiger partial charge in [-0.2, -0.15) is 13.2 Å². The monoisotopic (exact) mass is 311 g/mol. The van der Waals surface area contributed by atoms with Crippen molar-refractivity contribution in [3.05, 3.63) is 11.8 Å². The Bertz CT molecular complexity index is 505. The van der Waals surface area contributed by atoms with Gasteiger partial charge in [0.05, 0.1) is 6.54 Å². The van der Waals surface area contributed by atoms with E-state index in [1.807, 2.05) is 0 Å². The zero-order chi connectivity index (χ0) is 15.6. The number of halogens is 4. The summed E-state index contributed by atoms with van der Waals surface area (Å²) in [6.07, 6.45) is -8.23. The van der Waals surface area contributed by atoms with Gasteiger partial charge < -0.3 is 9.52 Å². The minimum absolute atomic E-state index is 0.0121. The lowest BCUT2D eigenvalue weighted by atomic mass is 10.2. The van der Waals surface area contributed by atoms with E-state index in [2.05, 4.69) is 10.2 Å². The van der Waals surface area contributed by atoms with Crippen LogP contribution in [-0.4, -0.2) is 45.2 Å². The summed E-state index contributed by atoms with van der Waals surface area (Å²) in [6.45, 7) is -0.286. The fourth-order valence-corrected chi connectivity index (χ4v) is 2.17. The van der Waals surface area contributed by atoms with Crippen molar-refractivity contribution in [2.24, 2.45) is 0 Å². The van der Waals surface area contributed by atoms with Crippen LogP contribution in [0.2, 0.25) is 0 Å². The van der Waals surface area contributed by atoms with Gasteiger partial charge in [0.15, 0.2) is 0 Å². The lowest BCUT2D eigenvalue weighted by molar-refractivity contribution is -0.135. The van der Waals surface area contributed by atoms with Crippen LogP contribution in [0, 0.1) is 0 Å². The van der Waals surface area contributed by atoms with Crippen LogP contribution in [0.4, 0.5) is 22.4 Å². The summed E-state index contributed by atoms with van der Waals surface area (Å²) in [5, 5.41) is 16.1. The second-order valence-corrected chi connectivity index (χ2v) is 4.79. The van der Waals surface area contributed by atoms with Gasteiger partial charge in [0.2, 0.25) is 11.8 Å². The van der Waals surface area contributed by atoms with Crippen molar-refractivity contribution in [1.82, 2.24) is 15.1 Å². The third-order valence-corrected chi connectivity index (χ3v) is 3.11. The molecule has 10 heteroatoms. The second kappa shape index (κ2) is 5.86. The molecule has 1 aliphatic heterocycles. The smallest absolute Gasteiger partial charge is 0.408 e. The quantitative estimate of drug-likeness (QED) is 0.865. The molecule has 1 saturated heterocycles. The molecule has 2 heterocycles. The van der Waals surface area contributed by atoms with Crippen LogP contribution in [0.5, 0.6) is 0 Å². The van der Waals surface area contributed by atoms with Gasteiger partial charge in [-0.25, -0.2) is 9.18 Å². The fraction of sp³-hybridized carbons (Fsp3) is 0.727. The number of aryl methyl sites for hydroxylation is 1. The van der Waals surface area contributed by atoms with E-state index in [4.69, 9.17) is 9.52 Å². The van der Waals surface area contributed by atoms with Crippen molar-refractivity contribution in [1.29, 1.82) is 0 Å². The molecule has 118 valence electrons. The molecule has 2 rings (SSSR count). The normalized spacial score (nSPS) is 22.8. The third-order valence-electron chi connectivity index (χ3n) is 3.11. The first-order chi connectivity index (χ1) is 9.76. The van der Waals surface area contributed by atoms with Crippen molar-refractivity contribution >= 4 is 6.09 Å². The summed E-state index contributed by atoms with van der Waals surface area (Å²) in [6, 6.07) is -0.888. The molecule has 0 unspecified atom stereocenters. The molecular formula is C11H13F4N3O3. The predicted octanol–water partition coefficient (Wildman–Crippen LogP) is 2.72. The molecule has 1 aliphatic rings. The van der Waals surface area contributed by atoms with Gasteiger partial charge >= 0.3 is 12.3 Å². The number of rotatable bonds is 4. The average Bonchev–Trinajstić information content (AvgIpc) is 2.93. The molecule has 21 heavy (non-hydrogen) atoms. The van der Waals surface area contributed by atoms with Gasteiger partial charge in [-0.15, -0.1) is 10.2 Å². The fourth-order valence-electron chi connectivity index (χ4n) is 2.17. The highest BCUT2D eigenvalue weighted by Gasteiger charge is 2.39. The molecule has 2 atom stereocenters. The number of likely N-dealkylation sites (tertiary alicyclic amines) is 1. The number of aromatic nitrogens is 2. The van der Waals surface area contributed by atoms with E-state index in [-0.39, 0.29) is 37.6 Å². The Hall–Kier alpha value is -1.87. The van der Waals surface area contributed by atoms with Gasteiger partial charge in [-0.3, -0.25) is 4.90 Å². The van der Waals surface area contributed by atoms with Crippen molar-refractivity contribution in [3.8, 4) is 0 Å². The molecule has 0 radical (unpaired) electrons. The van der Waals surface area contributed by atoms with E-state index in [0.29, 0.717) is 0 Å². The van der Waals surface area contributed by atoms with Gasteiger partial charge in [0, 0.05) is 19.3 Å². The van der Waals surface area contributed by atoms with E-state index in [1.165, 1.54) is 0 Å². The molecule has 0 bridgehead atoms. The average molecular weight is 311 g/mol. The Morgan fingerprint density at radius 1 is 1.43 bits per heavy atom. The number of alkyl halides is 4. The first-order valence-corrected chi connectivity index (χ1v) is 6.29. The zero-order valence-electron chi connectivity index (χ0n) is 10.8. The molecule has 0 spiro atoms. The Morgan fingerprint density at radius 2 is 2.14 bits per heavy atom. The van der Waals surface area contributed by atoms with Gasteiger partial charge in [0.25, 0.3) is 0 Å². The van der Waals surface area contributed by atoms with Crippen LogP contribution in [-0.2, 0) is 6.42 Å². The van der Waals surface area contributed by atoms with E-state index >= 15 is 0 Å². The maximum Gasteiger partial charge on any atom is 0.408 e. The number of hydrogen-bond donors (Lipinski definition) is 1. The molecule has 1 N–H and O–H groups in total. The van der Waals surface area contributed by atoms with E-state index < -0.39 is 30.9 Å². The number of nitrogens with zero attached hydrogens (tertiary/aromatic N) is 3. The topological polar surface area (TPSA) is 79.5 Å². The van der Waals surface area contributed by atoms with Crippen LogP contribution in [0.25, 0.3) is 0 Å². The van der Waals surface area contributed by atoms with E-state index in [9.17, 15) is 22.4 Å². The lowest BCUT2D eigenvalue weighted by Gasteiger charge is -2.17. The Labute approximate surface area is 116 Å². The molecule has 0 aromatic carbocycles. The summed E-state index contributed by atoms with van der Waals surface area (Å²) >= 11 is 0. The van der Waals surface area contributed by atoms with Crippen LogP contribution in [0.15, 0.2) is 4.42 Å². The lowest BCUT2D eigenvalue weighted by Crippen LogP contribution is -2.29. The zero-order valence-corrected chi connectivity index (χ0v) is 10.8. The summed E-state index contributed by atoms with van der Waals surface area (Å²) < 4.78 is 54.5.